The van der Waals surface area contributed by atoms with Gasteiger partial charge < -0.3 is 15.2 Å². The standard InChI is InChI=1S/C16H15F3N2O4/c1-24-14-8-11(15(20)16(17,18)19)4-7-13(14)25-9-10-2-5-12(6-3-10)21(22)23/h2-8,15H,9,20H2,1H3/t15-/m0/s1. The fourth-order valence-corrected chi connectivity index (χ4v) is 2.06. The maximum atomic E-state index is 12.7. The summed E-state index contributed by atoms with van der Waals surface area (Å²) in [5.41, 5.74) is 5.63. The van der Waals surface area contributed by atoms with Gasteiger partial charge in [0.25, 0.3) is 5.69 Å². The van der Waals surface area contributed by atoms with E-state index in [1.54, 1.807) is 0 Å². The Balaban J connectivity index is 2.13. The topological polar surface area (TPSA) is 87.6 Å². The summed E-state index contributed by atoms with van der Waals surface area (Å²) < 4.78 is 48.6. The molecule has 0 aliphatic rings. The Morgan fingerprint density at radius 3 is 2.32 bits per heavy atom. The van der Waals surface area contributed by atoms with E-state index in [0.717, 1.165) is 0 Å². The number of rotatable bonds is 6. The quantitative estimate of drug-likeness (QED) is 0.629. The Hall–Kier alpha value is -2.81. The van der Waals surface area contributed by atoms with E-state index in [9.17, 15) is 23.3 Å². The lowest BCUT2D eigenvalue weighted by atomic mass is 10.1. The molecule has 0 radical (unpaired) electrons. The summed E-state index contributed by atoms with van der Waals surface area (Å²) >= 11 is 0. The Kier molecular flexibility index (Phi) is 5.48. The van der Waals surface area contributed by atoms with Gasteiger partial charge >= 0.3 is 6.18 Å². The number of alkyl halides is 3. The smallest absolute Gasteiger partial charge is 0.407 e. The van der Waals surface area contributed by atoms with Crippen molar-refractivity contribution in [2.24, 2.45) is 5.73 Å². The zero-order chi connectivity index (χ0) is 18.6. The van der Waals surface area contributed by atoms with Crippen LogP contribution in [-0.4, -0.2) is 18.2 Å². The minimum Gasteiger partial charge on any atom is -0.493 e. The molecule has 0 aliphatic heterocycles. The molecule has 2 aromatic rings. The molecular formula is C16H15F3N2O4. The average molecular weight is 356 g/mol. The minimum absolute atomic E-state index is 0.0492. The van der Waals surface area contributed by atoms with E-state index in [4.69, 9.17) is 15.2 Å². The zero-order valence-corrected chi connectivity index (χ0v) is 13.1. The van der Waals surface area contributed by atoms with Gasteiger partial charge in [-0.25, -0.2) is 0 Å². The van der Waals surface area contributed by atoms with Crippen molar-refractivity contribution in [3.8, 4) is 11.5 Å². The number of ether oxygens (including phenoxy) is 2. The molecule has 0 amide bonds. The van der Waals surface area contributed by atoms with Crippen molar-refractivity contribution in [1.82, 2.24) is 0 Å². The lowest BCUT2D eigenvalue weighted by Gasteiger charge is -2.18. The largest absolute Gasteiger partial charge is 0.493 e. The number of nitro groups is 1. The van der Waals surface area contributed by atoms with Gasteiger partial charge in [0.1, 0.15) is 12.6 Å². The van der Waals surface area contributed by atoms with E-state index in [1.165, 1.54) is 49.6 Å². The number of hydrogen-bond acceptors (Lipinski definition) is 5. The molecule has 134 valence electrons. The van der Waals surface area contributed by atoms with E-state index < -0.39 is 17.1 Å². The van der Waals surface area contributed by atoms with E-state index >= 15 is 0 Å². The normalized spacial score (nSPS) is 12.5. The maximum absolute atomic E-state index is 12.7. The van der Waals surface area contributed by atoms with Crippen molar-refractivity contribution in [3.63, 3.8) is 0 Å². The average Bonchev–Trinajstić information content (AvgIpc) is 2.58. The van der Waals surface area contributed by atoms with Crippen LogP contribution in [0.4, 0.5) is 18.9 Å². The molecule has 0 spiro atoms. The molecule has 2 rings (SSSR count). The van der Waals surface area contributed by atoms with Crippen molar-refractivity contribution >= 4 is 5.69 Å². The molecule has 0 fully saturated rings. The van der Waals surface area contributed by atoms with Gasteiger partial charge in [-0.1, -0.05) is 6.07 Å². The van der Waals surface area contributed by atoms with Gasteiger partial charge in [-0.3, -0.25) is 10.1 Å². The van der Waals surface area contributed by atoms with E-state index in [1.807, 2.05) is 0 Å². The van der Waals surface area contributed by atoms with Gasteiger partial charge in [0.2, 0.25) is 0 Å². The Labute approximate surface area is 141 Å². The lowest BCUT2D eigenvalue weighted by Crippen LogP contribution is -2.28. The predicted octanol–water partition coefficient (Wildman–Crippen LogP) is 3.74. The molecule has 0 saturated carbocycles. The van der Waals surface area contributed by atoms with Crippen LogP contribution in [0, 0.1) is 10.1 Å². The number of benzene rings is 2. The molecule has 0 bridgehead atoms. The first-order valence-corrected chi connectivity index (χ1v) is 7.08. The van der Waals surface area contributed by atoms with Crippen LogP contribution in [0.3, 0.4) is 0 Å². The Bertz CT molecular complexity index is 748. The SMILES string of the molecule is COc1cc([C@H](N)C(F)(F)F)ccc1OCc1ccc([N+](=O)[O-])cc1. The van der Waals surface area contributed by atoms with Gasteiger partial charge in [-0.2, -0.15) is 13.2 Å². The molecule has 0 unspecified atom stereocenters. The fourth-order valence-electron chi connectivity index (χ4n) is 2.06. The van der Waals surface area contributed by atoms with Gasteiger partial charge in [0.05, 0.1) is 12.0 Å². The van der Waals surface area contributed by atoms with E-state index in [-0.39, 0.29) is 29.4 Å². The van der Waals surface area contributed by atoms with Crippen LogP contribution in [0.15, 0.2) is 42.5 Å². The molecule has 2 N–H and O–H groups in total. The molecule has 25 heavy (non-hydrogen) atoms. The zero-order valence-electron chi connectivity index (χ0n) is 13.1. The van der Waals surface area contributed by atoms with Crippen LogP contribution >= 0.6 is 0 Å². The van der Waals surface area contributed by atoms with Crippen molar-refractivity contribution in [3.05, 3.63) is 63.7 Å². The predicted molar refractivity (Wildman–Crippen MR) is 83.4 cm³/mol. The Morgan fingerprint density at radius 1 is 1.16 bits per heavy atom. The molecule has 1 atom stereocenters. The van der Waals surface area contributed by atoms with Gasteiger partial charge in [-0.05, 0) is 35.4 Å². The minimum atomic E-state index is -4.56. The monoisotopic (exact) mass is 356 g/mol. The number of nitrogens with zero attached hydrogens (tertiary/aromatic N) is 1. The second kappa shape index (κ2) is 7.39. The number of methoxy groups -OCH3 is 1. The summed E-state index contributed by atoms with van der Waals surface area (Å²) in [6, 6.07) is 7.32. The van der Waals surface area contributed by atoms with Crippen LogP contribution in [0.2, 0.25) is 0 Å². The van der Waals surface area contributed by atoms with E-state index in [0.29, 0.717) is 5.56 Å². The van der Waals surface area contributed by atoms with Crippen LogP contribution in [0.5, 0.6) is 11.5 Å². The molecule has 0 saturated heterocycles. The molecule has 0 heterocycles. The number of halogens is 3. The van der Waals surface area contributed by atoms with E-state index in [2.05, 4.69) is 0 Å². The summed E-state index contributed by atoms with van der Waals surface area (Å²) in [5, 5.41) is 10.6. The summed E-state index contributed by atoms with van der Waals surface area (Å²) in [5.74, 6) is 0.345. The highest BCUT2D eigenvalue weighted by Crippen LogP contribution is 2.36. The third-order valence-corrected chi connectivity index (χ3v) is 3.44. The fraction of sp³-hybridized carbons (Fsp3) is 0.250. The number of non-ortho nitro benzene ring substituents is 1. The second-order valence-corrected chi connectivity index (χ2v) is 5.14. The molecule has 0 aliphatic carbocycles. The van der Waals surface area contributed by atoms with Gasteiger partial charge in [0, 0.05) is 12.1 Å². The summed E-state index contributed by atoms with van der Waals surface area (Å²) in [6.45, 7) is 0.0685. The third-order valence-electron chi connectivity index (χ3n) is 3.44. The third kappa shape index (κ3) is 4.60. The second-order valence-electron chi connectivity index (χ2n) is 5.14. The first-order chi connectivity index (χ1) is 11.7. The summed E-state index contributed by atoms with van der Waals surface area (Å²) in [6.07, 6.45) is -4.56. The number of hydrogen-bond donors (Lipinski definition) is 1. The molecular weight excluding hydrogens is 341 g/mol. The van der Waals surface area contributed by atoms with Crippen molar-refractivity contribution in [1.29, 1.82) is 0 Å². The summed E-state index contributed by atoms with van der Waals surface area (Å²) in [4.78, 5) is 10.1. The molecule has 2 aromatic carbocycles. The molecule has 0 aromatic heterocycles. The molecule has 9 heteroatoms. The lowest BCUT2D eigenvalue weighted by molar-refractivity contribution is -0.384. The number of nitrogens with two attached hydrogens (primary N) is 1. The van der Waals surface area contributed by atoms with Crippen molar-refractivity contribution < 1.29 is 27.6 Å². The highest BCUT2D eigenvalue weighted by molar-refractivity contribution is 5.44. The van der Waals surface area contributed by atoms with Crippen molar-refractivity contribution in [2.45, 2.75) is 18.8 Å². The van der Waals surface area contributed by atoms with Crippen LogP contribution < -0.4 is 15.2 Å². The van der Waals surface area contributed by atoms with Crippen LogP contribution in [-0.2, 0) is 6.61 Å². The summed E-state index contributed by atoms with van der Waals surface area (Å²) in [7, 11) is 1.30. The number of nitro benzene ring substituents is 1. The van der Waals surface area contributed by atoms with Crippen LogP contribution in [0.1, 0.15) is 17.2 Å². The first-order valence-electron chi connectivity index (χ1n) is 7.08. The van der Waals surface area contributed by atoms with Gasteiger partial charge in [0.15, 0.2) is 11.5 Å². The highest BCUT2D eigenvalue weighted by atomic mass is 19.4. The van der Waals surface area contributed by atoms with Gasteiger partial charge in [-0.15, -0.1) is 0 Å². The molecule has 6 nitrogen and oxygen atoms in total. The van der Waals surface area contributed by atoms with Crippen molar-refractivity contribution in [2.75, 3.05) is 7.11 Å². The van der Waals surface area contributed by atoms with Crippen LogP contribution in [0.25, 0.3) is 0 Å². The Morgan fingerprint density at radius 2 is 1.80 bits per heavy atom. The highest BCUT2D eigenvalue weighted by Gasteiger charge is 2.38. The first kappa shape index (κ1) is 18.5. The maximum Gasteiger partial charge on any atom is 0.407 e.